The van der Waals surface area contributed by atoms with Gasteiger partial charge in [0.2, 0.25) is 5.91 Å². The standard InChI is InChI=1S/C15H16ClNO3S/c1-9-17(12(8-21-9)13(18)19)14(20)15(6-7-15)10-2-4-11(16)5-3-10/h2-5,9,12H,6-8H2,1H3,(H,18,19). The first-order valence-electron chi connectivity index (χ1n) is 6.89. The first-order valence-corrected chi connectivity index (χ1v) is 8.31. The third-order valence-corrected chi connectivity index (χ3v) is 5.77. The molecule has 2 unspecified atom stereocenters. The molecule has 1 saturated carbocycles. The van der Waals surface area contributed by atoms with Crippen LogP contribution in [0.25, 0.3) is 0 Å². The monoisotopic (exact) mass is 325 g/mol. The number of carbonyl (C=O) groups excluding carboxylic acids is 1. The number of hydrogen-bond donors (Lipinski definition) is 1. The second-order valence-electron chi connectivity index (χ2n) is 5.59. The van der Waals surface area contributed by atoms with Gasteiger partial charge in [-0.25, -0.2) is 4.79 Å². The summed E-state index contributed by atoms with van der Waals surface area (Å²) >= 11 is 7.42. The summed E-state index contributed by atoms with van der Waals surface area (Å²) in [7, 11) is 0. The van der Waals surface area contributed by atoms with Crippen molar-refractivity contribution in [1.82, 2.24) is 4.90 Å². The highest BCUT2D eigenvalue weighted by atomic mass is 35.5. The molecule has 1 amide bonds. The summed E-state index contributed by atoms with van der Waals surface area (Å²) in [5.41, 5.74) is 0.391. The summed E-state index contributed by atoms with van der Waals surface area (Å²) < 4.78 is 0. The number of rotatable bonds is 3. The molecule has 3 rings (SSSR count). The summed E-state index contributed by atoms with van der Waals surface area (Å²) in [5.74, 6) is -0.527. The van der Waals surface area contributed by atoms with Gasteiger partial charge in [-0.1, -0.05) is 23.7 Å². The first-order chi connectivity index (χ1) is 9.95. The van der Waals surface area contributed by atoms with Crippen molar-refractivity contribution in [2.75, 3.05) is 5.75 Å². The smallest absolute Gasteiger partial charge is 0.327 e. The van der Waals surface area contributed by atoms with E-state index in [0.717, 1.165) is 18.4 Å². The van der Waals surface area contributed by atoms with Crippen LogP contribution in [0, 0.1) is 0 Å². The zero-order valence-corrected chi connectivity index (χ0v) is 13.2. The fraction of sp³-hybridized carbons (Fsp3) is 0.467. The van der Waals surface area contributed by atoms with E-state index in [4.69, 9.17) is 11.6 Å². The molecule has 1 saturated heterocycles. The predicted octanol–water partition coefficient (Wildman–Crippen LogP) is 2.75. The molecule has 2 fully saturated rings. The van der Waals surface area contributed by atoms with Crippen LogP contribution < -0.4 is 0 Å². The van der Waals surface area contributed by atoms with Crippen molar-refractivity contribution >= 4 is 35.2 Å². The van der Waals surface area contributed by atoms with E-state index in [0.29, 0.717) is 10.8 Å². The van der Waals surface area contributed by atoms with E-state index in [1.165, 1.54) is 11.8 Å². The Balaban J connectivity index is 1.90. The van der Waals surface area contributed by atoms with Crippen molar-refractivity contribution in [3.05, 3.63) is 34.9 Å². The molecule has 0 bridgehead atoms. The minimum atomic E-state index is -0.924. The lowest BCUT2D eigenvalue weighted by Gasteiger charge is -2.29. The zero-order valence-electron chi connectivity index (χ0n) is 11.6. The highest BCUT2D eigenvalue weighted by molar-refractivity contribution is 8.00. The number of carboxylic acid groups (broad SMARTS) is 1. The van der Waals surface area contributed by atoms with Gasteiger partial charge in [-0.2, -0.15) is 0 Å². The van der Waals surface area contributed by atoms with Crippen molar-refractivity contribution < 1.29 is 14.7 Å². The number of carboxylic acids is 1. The number of hydrogen-bond acceptors (Lipinski definition) is 3. The first kappa shape index (κ1) is 14.7. The number of benzene rings is 1. The number of nitrogens with zero attached hydrogens (tertiary/aromatic N) is 1. The Labute approximate surface area is 132 Å². The Bertz CT molecular complexity index is 585. The Morgan fingerprint density at radius 1 is 1.33 bits per heavy atom. The highest BCUT2D eigenvalue weighted by Crippen LogP contribution is 2.51. The Hall–Kier alpha value is -1.20. The SMILES string of the molecule is CC1SCC(C(=O)O)N1C(=O)C1(c2ccc(Cl)cc2)CC1. The van der Waals surface area contributed by atoms with Crippen LogP contribution in [-0.2, 0) is 15.0 Å². The van der Waals surface area contributed by atoms with Gasteiger partial charge in [0.1, 0.15) is 6.04 Å². The van der Waals surface area contributed by atoms with E-state index in [1.54, 1.807) is 17.0 Å². The summed E-state index contributed by atoms with van der Waals surface area (Å²) in [6, 6.07) is 6.58. The third-order valence-electron chi connectivity index (χ3n) is 4.30. The fourth-order valence-corrected chi connectivity index (χ4v) is 4.20. The Kier molecular flexibility index (Phi) is 3.66. The molecule has 0 radical (unpaired) electrons. The van der Waals surface area contributed by atoms with Gasteiger partial charge in [-0.3, -0.25) is 4.79 Å². The summed E-state index contributed by atoms with van der Waals surface area (Å²) in [4.78, 5) is 25.9. The lowest BCUT2D eigenvalue weighted by molar-refractivity contribution is -0.150. The van der Waals surface area contributed by atoms with Crippen LogP contribution in [-0.4, -0.2) is 39.1 Å². The molecular formula is C15H16ClNO3S. The molecule has 1 aromatic carbocycles. The number of halogens is 1. The average molecular weight is 326 g/mol. The molecule has 1 aliphatic carbocycles. The van der Waals surface area contributed by atoms with Crippen molar-refractivity contribution in [1.29, 1.82) is 0 Å². The van der Waals surface area contributed by atoms with Crippen LogP contribution in [0.1, 0.15) is 25.3 Å². The third kappa shape index (κ3) is 2.42. The molecule has 2 aliphatic rings. The van der Waals surface area contributed by atoms with E-state index >= 15 is 0 Å². The molecule has 1 heterocycles. The highest BCUT2D eigenvalue weighted by Gasteiger charge is 2.56. The molecule has 1 aromatic rings. The van der Waals surface area contributed by atoms with Crippen LogP contribution in [0.2, 0.25) is 5.02 Å². The predicted molar refractivity (Wildman–Crippen MR) is 82.6 cm³/mol. The topological polar surface area (TPSA) is 57.6 Å². The fourth-order valence-electron chi connectivity index (χ4n) is 2.91. The van der Waals surface area contributed by atoms with Gasteiger partial charge in [0.25, 0.3) is 0 Å². The Morgan fingerprint density at radius 2 is 1.95 bits per heavy atom. The molecular weight excluding hydrogens is 310 g/mol. The van der Waals surface area contributed by atoms with Gasteiger partial charge in [0, 0.05) is 10.8 Å². The minimum Gasteiger partial charge on any atom is -0.480 e. The quantitative estimate of drug-likeness (QED) is 0.928. The second-order valence-corrected chi connectivity index (χ2v) is 7.37. The van der Waals surface area contributed by atoms with Crippen molar-refractivity contribution in [2.45, 2.75) is 36.6 Å². The maximum atomic E-state index is 13.0. The summed E-state index contributed by atoms with van der Waals surface area (Å²) in [6.45, 7) is 1.89. The largest absolute Gasteiger partial charge is 0.480 e. The minimum absolute atomic E-state index is 0.0604. The van der Waals surface area contributed by atoms with Crippen molar-refractivity contribution in [3.8, 4) is 0 Å². The van der Waals surface area contributed by atoms with Gasteiger partial charge in [-0.15, -0.1) is 11.8 Å². The maximum absolute atomic E-state index is 13.0. The number of amides is 1. The molecule has 1 aliphatic heterocycles. The van der Waals surface area contributed by atoms with E-state index in [9.17, 15) is 14.7 Å². The van der Waals surface area contributed by atoms with Gasteiger partial charge in [0.05, 0.1) is 10.8 Å². The lowest BCUT2D eigenvalue weighted by Crippen LogP contribution is -2.49. The van der Waals surface area contributed by atoms with Crippen LogP contribution in [0.3, 0.4) is 0 Å². The van der Waals surface area contributed by atoms with E-state index < -0.39 is 17.4 Å². The summed E-state index contributed by atoms with van der Waals surface area (Å²) in [6.07, 6.45) is 1.54. The molecule has 1 N–H and O–H groups in total. The van der Waals surface area contributed by atoms with Gasteiger partial charge >= 0.3 is 5.97 Å². The van der Waals surface area contributed by atoms with E-state index in [2.05, 4.69) is 0 Å². The lowest BCUT2D eigenvalue weighted by atomic mass is 9.93. The molecule has 21 heavy (non-hydrogen) atoms. The van der Waals surface area contributed by atoms with E-state index in [-0.39, 0.29) is 11.3 Å². The number of thioether (sulfide) groups is 1. The van der Waals surface area contributed by atoms with Gasteiger partial charge in [-0.05, 0) is 37.5 Å². The molecule has 0 aromatic heterocycles. The van der Waals surface area contributed by atoms with Gasteiger partial charge < -0.3 is 10.0 Å². The normalized spacial score (nSPS) is 26.7. The van der Waals surface area contributed by atoms with Crippen molar-refractivity contribution in [3.63, 3.8) is 0 Å². The second kappa shape index (κ2) is 5.21. The molecule has 6 heteroatoms. The number of carbonyl (C=O) groups is 2. The molecule has 2 atom stereocenters. The average Bonchev–Trinajstić information content (AvgIpc) is 3.16. The van der Waals surface area contributed by atoms with E-state index in [1.807, 2.05) is 19.1 Å². The van der Waals surface area contributed by atoms with Crippen LogP contribution in [0.5, 0.6) is 0 Å². The van der Waals surface area contributed by atoms with Crippen LogP contribution in [0.4, 0.5) is 0 Å². The number of aliphatic carboxylic acids is 1. The molecule has 112 valence electrons. The van der Waals surface area contributed by atoms with Crippen molar-refractivity contribution in [2.24, 2.45) is 0 Å². The van der Waals surface area contributed by atoms with Gasteiger partial charge in [0.15, 0.2) is 0 Å². The zero-order chi connectivity index (χ0) is 15.2. The Morgan fingerprint density at radius 3 is 2.48 bits per heavy atom. The summed E-state index contributed by atoms with van der Waals surface area (Å²) in [5, 5.41) is 9.86. The maximum Gasteiger partial charge on any atom is 0.327 e. The molecule has 4 nitrogen and oxygen atoms in total. The van der Waals surface area contributed by atoms with Crippen LogP contribution in [0.15, 0.2) is 24.3 Å². The molecule has 0 spiro atoms. The van der Waals surface area contributed by atoms with Crippen LogP contribution >= 0.6 is 23.4 Å².